The quantitative estimate of drug-likeness (QED) is 0.784. The summed E-state index contributed by atoms with van der Waals surface area (Å²) >= 11 is 6.37. The molecule has 2 aromatic rings. The van der Waals surface area contributed by atoms with Gasteiger partial charge in [-0.3, -0.25) is 0 Å². The van der Waals surface area contributed by atoms with E-state index < -0.39 is 0 Å². The molecule has 0 radical (unpaired) electrons. The van der Waals surface area contributed by atoms with E-state index in [4.69, 9.17) is 17.3 Å². The molecular formula is C17H20ClN. The van der Waals surface area contributed by atoms with Gasteiger partial charge in [-0.1, -0.05) is 54.1 Å². The standard InChI is InChI=1S/C17H20ClN/c18-17-11-6-10-15(9-4-5-12-19)16(17)13-14-7-2-1-3-8-14/h1-3,6-8,10-11H,4-5,9,12-13,19H2. The monoisotopic (exact) mass is 273 g/mol. The van der Waals surface area contributed by atoms with Crippen LogP contribution in [0.5, 0.6) is 0 Å². The summed E-state index contributed by atoms with van der Waals surface area (Å²) in [6, 6.07) is 16.7. The topological polar surface area (TPSA) is 26.0 Å². The Balaban J connectivity index is 2.18. The smallest absolute Gasteiger partial charge is 0.0444 e. The molecule has 2 heteroatoms. The Bertz CT molecular complexity index is 508. The second-order valence-corrected chi connectivity index (χ2v) is 5.19. The zero-order chi connectivity index (χ0) is 13.5. The molecule has 0 aliphatic rings. The molecule has 0 spiro atoms. The van der Waals surface area contributed by atoms with E-state index in [1.54, 1.807) is 0 Å². The third-order valence-corrected chi connectivity index (χ3v) is 3.69. The van der Waals surface area contributed by atoms with Gasteiger partial charge < -0.3 is 5.73 Å². The van der Waals surface area contributed by atoms with Gasteiger partial charge in [0.25, 0.3) is 0 Å². The number of aryl methyl sites for hydroxylation is 1. The minimum absolute atomic E-state index is 0.759. The summed E-state index contributed by atoms with van der Waals surface area (Å²) < 4.78 is 0. The van der Waals surface area contributed by atoms with Crippen LogP contribution in [0, 0.1) is 0 Å². The van der Waals surface area contributed by atoms with Crippen LogP contribution in [-0.2, 0) is 12.8 Å². The number of halogens is 1. The molecule has 1 nitrogen and oxygen atoms in total. The lowest BCUT2D eigenvalue weighted by Gasteiger charge is -2.11. The number of nitrogens with two attached hydrogens (primary N) is 1. The first-order chi connectivity index (χ1) is 9.31. The fourth-order valence-corrected chi connectivity index (χ4v) is 2.56. The molecule has 0 amide bonds. The van der Waals surface area contributed by atoms with Crippen molar-refractivity contribution in [2.24, 2.45) is 5.73 Å². The van der Waals surface area contributed by atoms with Gasteiger partial charge in [-0.2, -0.15) is 0 Å². The summed E-state index contributed by atoms with van der Waals surface area (Å²) in [7, 11) is 0. The van der Waals surface area contributed by atoms with Crippen LogP contribution < -0.4 is 5.73 Å². The molecule has 2 rings (SSSR count). The summed E-state index contributed by atoms with van der Waals surface area (Å²) in [5, 5.41) is 0.870. The molecule has 0 bridgehead atoms. The molecule has 2 N–H and O–H groups in total. The summed E-state index contributed by atoms with van der Waals surface area (Å²) in [4.78, 5) is 0. The summed E-state index contributed by atoms with van der Waals surface area (Å²) in [5.41, 5.74) is 9.47. The maximum Gasteiger partial charge on any atom is 0.0444 e. The Labute approximate surface area is 120 Å². The van der Waals surface area contributed by atoms with Gasteiger partial charge >= 0.3 is 0 Å². The number of hydrogen-bond acceptors (Lipinski definition) is 1. The van der Waals surface area contributed by atoms with Crippen LogP contribution in [-0.4, -0.2) is 6.54 Å². The molecule has 19 heavy (non-hydrogen) atoms. The van der Waals surface area contributed by atoms with E-state index in [1.807, 2.05) is 18.2 Å². The summed E-state index contributed by atoms with van der Waals surface area (Å²) in [5.74, 6) is 0. The van der Waals surface area contributed by atoms with Gasteiger partial charge in [0.15, 0.2) is 0 Å². The van der Waals surface area contributed by atoms with Crippen LogP contribution in [0.15, 0.2) is 48.5 Å². The second kappa shape index (κ2) is 7.32. The van der Waals surface area contributed by atoms with Crippen molar-refractivity contribution in [3.05, 3.63) is 70.2 Å². The van der Waals surface area contributed by atoms with E-state index >= 15 is 0 Å². The van der Waals surface area contributed by atoms with Crippen LogP contribution in [0.3, 0.4) is 0 Å². The second-order valence-electron chi connectivity index (χ2n) is 4.79. The predicted octanol–water partition coefficient (Wildman–Crippen LogP) is 4.21. The fourth-order valence-electron chi connectivity index (χ4n) is 2.30. The van der Waals surface area contributed by atoms with Gasteiger partial charge in [0.1, 0.15) is 0 Å². The lowest BCUT2D eigenvalue weighted by Crippen LogP contribution is -2.01. The maximum absolute atomic E-state index is 6.37. The number of rotatable bonds is 6. The number of unbranched alkanes of at least 4 members (excludes halogenated alkanes) is 1. The van der Waals surface area contributed by atoms with Crippen LogP contribution in [0.2, 0.25) is 5.02 Å². The zero-order valence-electron chi connectivity index (χ0n) is 11.1. The van der Waals surface area contributed by atoms with Crippen molar-refractivity contribution in [2.45, 2.75) is 25.7 Å². The van der Waals surface area contributed by atoms with E-state index in [9.17, 15) is 0 Å². The largest absolute Gasteiger partial charge is 0.330 e. The average Bonchev–Trinajstić information content (AvgIpc) is 2.44. The number of benzene rings is 2. The average molecular weight is 274 g/mol. The van der Waals surface area contributed by atoms with Crippen LogP contribution >= 0.6 is 11.6 Å². The van der Waals surface area contributed by atoms with Crippen LogP contribution in [0.4, 0.5) is 0 Å². The van der Waals surface area contributed by atoms with Crippen molar-refractivity contribution in [1.29, 1.82) is 0 Å². The third kappa shape index (κ3) is 4.09. The molecule has 0 saturated heterocycles. The lowest BCUT2D eigenvalue weighted by molar-refractivity contribution is 0.741. The minimum atomic E-state index is 0.759. The highest BCUT2D eigenvalue weighted by molar-refractivity contribution is 6.31. The lowest BCUT2D eigenvalue weighted by atomic mass is 9.96. The van der Waals surface area contributed by atoms with E-state index in [-0.39, 0.29) is 0 Å². The van der Waals surface area contributed by atoms with Gasteiger partial charge in [0, 0.05) is 5.02 Å². The Kier molecular flexibility index (Phi) is 5.44. The molecule has 100 valence electrons. The molecule has 0 aliphatic carbocycles. The Morgan fingerprint density at radius 1 is 0.895 bits per heavy atom. The highest BCUT2D eigenvalue weighted by Gasteiger charge is 2.07. The van der Waals surface area contributed by atoms with Crippen LogP contribution in [0.1, 0.15) is 29.5 Å². The molecule has 0 atom stereocenters. The Morgan fingerprint density at radius 3 is 2.42 bits per heavy atom. The first-order valence-corrected chi connectivity index (χ1v) is 7.19. The normalized spacial score (nSPS) is 10.6. The molecule has 0 aliphatic heterocycles. The highest BCUT2D eigenvalue weighted by atomic mass is 35.5. The third-order valence-electron chi connectivity index (χ3n) is 3.34. The number of hydrogen-bond donors (Lipinski definition) is 1. The zero-order valence-corrected chi connectivity index (χ0v) is 11.9. The van der Waals surface area contributed by atoms with E-state index in [1.165, 1.54) is 16.7 Å². The molecular weight excluding hydrogens is 254 g/mol. The van der Waals surface area contributed by atoms with Gasteiger partial charge in [-0.05, 0) is 55.0 Å². The fraction of sp³-hybridized carbons (Fsp3) is 0.294. The summed E-state index contributed by atoms with van der Waals surface area (Å²) in [6.45, 7) is 0.759. The molecule has 0 aromatic heterocycles. The van der Waals surface area contributed by atoms with Gasteiger partial charge in [-0.25, -0.2) is 0 Å². The van der Waals surface area contributed by atoms with Gasteiger partial charge in [0.05, 0.1) is 0 Å². The van der Waals surface area contributed by atoms with Crippen LogP contribution in [0.25, 0.3) is 0 Å². The molecule has 0 unspecified atom stereocenters. The van der Waals surface area contributed by atoms with Crippen molar-refractivity contribution in [2.75, 3.05) is 6.54 Å². The van der Waals surface area contributed by atoms with E-state index in [0.29, 0.717) is 0 Å². The van der Waals surface area contributed by atoms with Crippen molar-refractivity contribution in [1.82, 2.24) is 0 Å². The van der Waals surface area contributed by atoms with Gasteiger partial charge in [0.2, 0.25) is 0 Å². The van der Waals surface area contributed by atoms with Crippen molar-refractivity contribution >= 4 is 11.6 Å². The molecule has 0 fully saturated rings. The first kappa shape index (κ1) is 14.1. The Hall–Kier alpha value is -1.31. The summed E-state index contributed by atoms with van der Waals surface area (Å²) in [6.07, 6.45) is 4.15. The van der Waals surface area contributed by atoms with Gasteiger partial charge in [-0.15, -0.1) is 0 Å². The predicted molar refractivity (Wildman–Crippen MR) is 82.7 cm³/mol. The van der Waals surface area contributed by atoms with E-state index in [2.05, 4.69) is 30.3 Å². The van der Waals surface area contributed by atoms with Crippen molar-refractivity contribution in [3.63, 3.8) is 0 Å². The Morgan fingerprint density at radius 2 is 1.68 bits per heavy atom. The van der Waals surface area contributed by atoms with Crippen molar-refractivity contribution < 1.29 is 0 Å². The molecule has 0 saturated carbocycles. The molecule has 2 aromatic carbocycles. The van der Waals surface area contributed by atoms with E-state index in [0.717, 1.165) is 37.3 Å². The SMILES string of the molecule is NCCCCc1cccc(Cl)c1Cc1ccccc1. The van der Waals surface area contributed by atoms with Crippen molar-refractivity contribution in [3.8, 4) is 0 Å². The maximum atomic E-state index is 6.37. The molecule has 0 heterocycles. The first-order valence-electron chi connectivity index (χ1n) is 6.81. The minimum Gasteiger partial charge on any atom is -0.330 e. The highest BCUT2D eigenvalue weighted by Crippen LogP contribution is 2.24.